The van der Waals surface area contributed by atoms with Gasteiger partial charge in [-0.15, -0.1) is 0 Å². The molecule has 2 atom stereocenters. The van der Waals surface area contributed by atoms with Crippen molar-refractivity contribution in [3.05, 3.63) is 23.0 Å². The number of aryl methyl sites for hydroxylation is 2. The lowest BCUT2D eigenvalue weighted by Crippen LogP contribution is -2.34. The zero-order valence-electron chi connectivity index (χ0n) is 12.7. The summed E-state index contributed by atoms with van der Waals surface area (Å²) >= 11 is 0. The Labute approximate surface area is 123 Å². The maximum atomic E-state index is 13.0. The van der Waals surface area contributed by atoms with Crippen LogP contribution in [-0.4, -0.2) is 45.1 Å². The molecule has 0 bridgehead atoms. The summed E-state index contributed by atoms with van der Waals surface area (Å²) in [6.45, 7) is 7.25. The largest absolute Gasteiger partial charge is 0.336 e. The zero-order valence-corrected chi connectivity index (χ0v) is 12.7. The van der Waals surface area contributed by atoms with Gasteiger partial charge >= 0.3 is 0 Å². The molecule has 3 rings (SSSR count). The molecule has 1 amide bonds. The molecule has 1 aliphatic rings. The second-order valence-electron chi connectivity index (χ2n) is 6.00. The lowest BCUT2D eigenvalue weighted by atomic mass is 10.1. The van der Waals surface area contributed by atoms with Gasteiger partial charge in [0.05, 0.1) is 10.9 Å². The Hall–Kier alpha value is -1.95. The van der Waals surface area contributed by atoms with Crippen LogP contribution in [0.3, 0.4) is 0 Å². The van der Waals surface area contributed by atoms with Gasteiger partial charge in [0.25, 0.3) is 5.91 Å². The first kappa shape index (κ1) is 14.0. The van der Waals surface area contributed by atoms with Gasteiger partial charge in [-0.3, -0.25) is 9.89 Å². The Morgan fingerprint density at radius 1 is 1.52 bits per heavy atom. The lowest BCUT2D eigenvalue weighted by molar-refractivity contribution is 0.0745. The van der Waals surface area contributed by atoms with E-state index in [2.05, 4.69) is 22.1 Å². The van der Waals surface area contributed by atoms with Crippen molar-refractivity contribution in [3.8, 4) is 0 Å². The van der Waals surface area contributed by atoms with Crippen LogP contribution >= 0.6 is 0 Å². The van der Waals surface area contributed by atoms with Gasteiger partial charge < -0.3 is 10.6 Å². The highest BCUT2D eigenvalue weighted by molar-refractivity contribution is 6.06. The molecule has 0 spiro atoms. The average molecular weight is 287 g/mol. The predicted molar refractivity (Wildman–Crippen MR) is 81.0 cm³/mol. The predicted octanol–water partition coefficient (Wildman–Crippen LogP) is 1.38. The number of nitrogens with zero attached hydrogens (tertiary/aromatic N) is 3. The fraction of sp³-hybridized carbons (Fsp3) is 0.533. The Kier molecular flexibility index (Phi) is 3.41. The molecular weight excluding hydrogens is 266 g/mol. The van der Waals surface area contributed by atoms with Crippen molar-refractivity contribution >= 4 is 16.9 Å². The third kappa shape index (κ3) is 2.29. The molecule has 3 heterocycles. The minimum Gasteiger partial charge on any atom is -0.336 e. The van der Waals surface area contributed by atoms with Crippen molar-refractivity contribution in [2.45, 2.75) is 33.2 Å². The first-order valence-electron chi connectivity index (χ1n) is 7.34. The summed E-state index contributed by atoms with van der Waals surface area (Å²) in [5.41, 5.74) is 8.74. The van der Waals surface area contributed by atoms with E-state index in [0.717, 1.165) is 29.7 Å². The molecule has 0 aromatic carbocycles. The van der Waals surface area contributed by atoms with Gasteiger partial charge in [0, 0.05) is 24.0 Å². The quantitative estimate of drug-likeness (QED) is 0.873. The van der Waals surface area contributed by atoms with Crippen LogP contribution < -0.4 is 5.73 Å². The van der Waals surface area contributed by atoms with E-state index in [0.29, 0.717) is 23.7 Å². The molecule has 0 saturated carbocycles. The molecule has 2 aromatic heterocycles. The third-order valence-corrected chi connectivity index (χ3v) is 4.32. The summed E-state index contributed by atoms with van der Waals surface area (Å²) in [5, 5.41) is 7.92. The van der Waals surface area contributed by atoms with E-state index in [1.165, 1.54) is 0 Å². The average Bonchev–Trinajstić information content (AvgIpc) is 3.01. The van der Waals surface area contributed by atoms with Crippen LogP contribution in [0, 0.1) is 19.8 Å². The summed E-state index contributed by atoms with van der Waals surface area (Å²) in [6.07, 6.45) is 0.972. The molecule has 1 saturated heterocycles. The monoisotopic (exact) mass is 287 g/mol. The molecular formula is C15H21N5O. The number of nitrogens with two attached hydrogens (primary N) is 1. The second-order valence-corrected chi connectivity index (χ2v) is 6.00. The summed E-state index contributed by atoms with van der Waals surface area (Å²) in [5.74, 6) is 0.450. The van der Waals surface area contributed by atoms with Gasteiger partial charge in [-0.2, -0.15) is 5.10 Å². The molecule has 0 radical (unpaired) electrons. The number of hydrogen-bond acceptors (Lipinski definition) is 4. The smallest absolute Gasteiger partial charge is 0.254 e. The van der Waals surface area contributed by atoms with Crippen LogP contribution in [0.1, 0.15) is 35.1 Å². The Bertz CT molecular complexity index is 693. The van der Waals surface area contributed by atoms with E-state index in [1.807, 2.05) is 24.8 Å². The van der Waals surface area contributed by atoms with Gasteiger partial charge in [-0.05, 0) is 45.7 Å². The van der Waals surface area contributed by atoms with Crippen molar-refractivity contribution in [2.75, 3.05) is 13.1 Å². The van der Waals surface area contributed by atoms with Crippen LogP contribution in [0.15, 0.2) is 6.07 Å². The van der Waals surface area contributed by atoms with Gasteiger partial charge in [0.1, 0.15) is 0 Å². The van der Waals surface area contributed by atoms with Crippen molar-refractivity contribution in [1.29, 1.82) is 0 Å². The Morgan fingerprint density at radius 2 is 2.29 bits per heavy atom. The normalized spacial score (nSPS) is 22.2. The van der Waals surface area contributed by atoms with Gasteiger partial charge in [-0.1, -0.05) is 0 Å². The van der Waals surface area contributed by atoms with Gasteiger partial charge in [-0.25, -0.2) is 4.98 Å². The van der Waals surface area contributed by atoms with Crippen LogP contribution in [0.5, 0.6) is 0 Å². The highest BCUT2D eigenvalue weighted by Crippen LogP contribution is 2.27. The minimum absolute atomic E-state index is 0.0541. The molecule has 1 aliphatic heterocycles. The molecule has 0 aliphatic carbocycles. The van der Waals surface area contributed by atoms with E-state index < -0.39 is 0 Å². The Balaban J connectivity index is 2.04. The van der Waals surface area contributed by atoms with Gasteiger partial charge in [0.2, 0.25) is 0 Å². The topological polar surface area (TPSA) is 87.9 Å². The number of aromatic nitrogens is 3. The molecule has 6 heteroatoms. The SMILES string of the molecule is Cc1cc(C(=O)N2CC(CN)CC2C)c2c(C)[nH]nc2n1. The number of pyridine rings is 1. The van der Waals surface area contributed by atoms with Crippen LogP contribution in [-0.2, 0) is 0 Å². The van der Waals surface area contributed by atoms with E-state index >= 15 is 0 Å². The lowest BCUT2D eigenvalue weighted by Gasteiger charge is -2.22. The second kappa shape index (κ2) is 5.11. The number of fused-ring (bicyclic) bond motifs is 1. The summed E-state index contributed by atoms with van der Waals surface area (Å²) in [6, 6.07) is 2.08. The number of carbonyl (C=O) groups is 1. The first-order valence-corrected chi connectivity index (χ1v) is 7.34. The number of H-pyrrole nitrogens is 1. The molecule has 2 aromatic rings. The number of carbonyl (C=O) groups excluding carboxylic acids is 1. The van der Waals surface area contributed by atoms with Gasteiger partial charge in [0.15, 0.2) is 5.65 Å². The number of hydrogen-bond donors (Lipinski definition) is 2. The van der Waals surface area contributed by atoms with Crippen molar-refractivity contribution in [2.24, 2.45) is 11.7 Å². The number of amides is 1. The third-order valence-electron chi connectivity index (χ3n) is 4.32. The number of aromatic amines is 1. The summed E-state index contributed by atoms with van der Waals surface area (Å²) in [7, 11) is 0. The van der Waals surface area contributed by atoms with Crippen LogP contribution in [0.25, 0.3) is 11.0 Å². The maximum Gasteiger partial charge on any atom is 0.254 e. The molecule has 1 fully saturated rings. The number of likely N-dealkylation sites (tertiary alicyclic amines) is 1. The number of nitrogens with one attached hydrogen (secondary N) is 1. The van der Waals surface area contributed by atoms with Crippen molar-refractivity contribution in [3.63, 3.8) is 0 Å². The first-order chi connectivity index (χ1) is 10.0. The summed E-state index contributed by atoms with van der Waals surface area (Å²) < 4.78 is 0. The highest BCUT2D eigenvalue weighted by atomic mass is 16.2. The molecule has 2 unspecified atom stereocenters. The molecule has 6 nitrogen and oxygen atoms in total. The standard InChI is InChI=1S/C15H21N5O/c1-8-4-12(13-10(3)18-19-14(13)17-8)15(21)20-7-11(6-16)5-9(20)2/h4,9,11H,5-7,16H2,1-3H3,(H,17,18,19). The molecule has 112 valence electrons. The fourth-order valence-electron chi connectivity index (χ4n) is 3.22. The van der Waals surface area contributed by atoms with E-state index in [4.69, 9.17) is 5.73 Å². The molecule has 3 N–H and O–H groups in total. The van der Waals surface area contributed by atoms with E-state index in [-0.39, 0.29) is 11.9 Å². The fourth-order valence-corrected chi connectivity index (χ4v) is 3.22. The van der Waals surface area contributed by atoms with E-state index in [1.54, 1.807) is 0 Å². The van der Waals surface area contributed by atoms with Crippen LogP contribution in [0.2, 0.25) is 0 Å². The van der Waals surface area contributed by atoms with Crippen LogP contribution in [0.4, 0.5) is 0 Å². The summed E-state index contributed by atoms with van der Waals surface area (Å²) in [4.78, 5) is 19.3. The van der Waals surface area contributed by atoms with E-state index in [9.17, 15) is 4.79 Å². The minimum atomic E-state index is 0.0541. The zero-order chi connectivity index (χ0) is 15.1. The molecule has 21 heavy (non-hydrogen) atoms. The van der Waals surface area contributed by atoms with Crippen molar-refractivity contribution in [1.82, 2.24) is 20.1 Å². The van der Waals surface area contributed by atoms with Crippen molar-refractivity contribution < 1.29 is 4.79 Å². The Morgan fingerprint density at radius 3 is 2.95 bits per heavy atom. The number of rotatable bonds is 2. The maximum absolute atomic E-state index is 13.0. The highest BCUT2D eigenvalue weighted by Gasteiger charge is 2.33.